The molecule has 150 valence electrons. The maximum absolute atomic E-state index is 12.9. The standard InChI is InChI=1S/C24H31NO3/c26-23(27)19-13-5-3-1-2-4-6-14-20-25(22-17-11-8-12-18-22)24(28)21-15-9-7-10-16-21/h7-12,15-18H,1-6,13-14,19-20H2,(H,26,27). The molecule has 0 unspecified atom stereocenters. The highest BCUT2D eigenvalue weighted by atomic mass is 16.4. The zero-order valence-corrected chi connectivity index (χ0v) is 16.6. The van der Waals surface area contributed by atoms with E-state index in [0.717, 1.165) is 57.2 Å². The first-order valence-electron chi connectivity index (χ1n) is 10.3. The third kappa shape index (κ3) is 7.95. The van der Waals surface area contributed by atoms with Gasteiger partial charge in [-0.15, -0.1) is 0 Å². The van der Waals surface area contributed by atoms with Crippen LogP contribution in [-0.2, 0) is 4.79 Å². The van der Waals surface area contributed by atoms with Crippen molar-refractivity contribution in [3.8, 4) is 0 Å². The quantitative estimate of drug-likeness (QED) is 0.438. The highest BCUT2D eigenvalue weighted by Crippen LogP contribution is 2.18. The second-order valence-corrected chi connectivity index (χ2v) is 7.13. The van der Waals surface area contributed by atoms with E-state index >= 15 is 0 Å². The number of carboxylic acids is 1. The van der Waals surface area contributed by atoms with Crippen molar-refractivity contribution in [1.29, 1.82) is 0 Å². The highest BCUT2D eigenvalue weighted by molar-refractivity contribution is 6.06. The summed E-state index contributed by atoms with van der Waals surface area (Å²) in [6.07, 6.45) is 8.73. The van der Waals surface area contributed by atoms with Crippen LogP contribution in [0.2, 0.25) is 0 Å². The van der Waals surface area contributed by atoms with E-state index in [1.165, 1.54) is 6.42 Å². The smallest absolute Gasteiger partial charge is 0.303 e. The van der Waals surface area contributed by atoms with Gasteiger partial charge in [-0.1, -0.05) is 74.9 Å². The summed E-state index contributed by atoms with van der Waals surface area (Å²) in [5.41, 5.74) is 1.66. The van der Waals surface area contributed by atoms with Crippen molar-refractivity contribution in [2.24, 2.45) is 0 Å². The van der Waals surface area contributed by atoms with Gasteiger partial charge in [0.1, 0.15) is 0 Å². The normalized spacial score (nSPS) is 10.6. The number of carboxylic acid groups (broad SMARTS) is 1. The van der Waals surface area contributed by atoms with Crippen molar-refractivity contribution in [1.82, 2.24) is 0 Å². The Hall–Kier alpha value is -2.62. The molecule has 0 saturated carbocycles. The average Bonchev–Trinajstić information content (AvgIpc) is 2.73. The van der Waals surface area contributed by atoms with Crippen molar-refractivity contribution in [3.05, 3.63) is 66.2 Å². The fourth-order valence-corrected chi connectivity index (χ4v) is 3.30. The summed E-state index contributed by atoms with van der Waals surface area (Å²) in [5.74, 6) is -0.654. The molecular weight excluding hydrogens is 350 g/mol. The third-order valence-corrected chi connectivity index (χ3v) is 4.86. The predicted molar refractivity (Wildman–Crippen MR) is 114 cm³/mol. The number of hydrogen-bond acceptors (Lipinski definition) is 2. The van der Waals surface area contributed by atoms with Crippen molar-refractivity contribution < 1.29 is 14.7 Å². The zero-order valence-electron chi connectivity index (χ0n) is 16.6. The van der Waals surface area contributed by atoms with E-state index in [0.29, 0.717) is 5.56 Å². The number of rotatable bonds is 13. The van der Waals surface area contributed by atoms with Gasteiger partial charge in [-0.05, 0) is 37.1 Å². The van der Waals surface area contributed by atoms with Crippen LogP contribution in [0.1, 0.15) is 68.1 Å². The Morgan fingerprint density at radius 3 is 1.75 bits per heavy atom. The van der Waals surface area contributed by atoms with Crippen LogP contribution in [0, 0.1) is 0 Å². The van der Waals surface area contributed by atoms with E-state index in [1.807, 2.05) is 65.6 Å². The van der Waals surface area contributed by atoms with Crippen molar-refractivity contribution in [2.45, 2.75) is 57.8 Å². The average molecular weight is 382 g/mol. The first-order valence-corrected chi connectivity index (χ1v) is 10.3. The molecule has 0 aliphatic heterocycles. The Kier molecular flexibility index (Phi) is 9.84. The van der Waals surface area contributed by atoms with Gasteiger partial charge in [0, 0.05) is 24.2 Å². The van der Waals surface area contributed by atoms with Crippen LogP contribution < -0.4 is 4.90 Å². The first kappa shape index (κ1) is 21.7. The Balaban J connectivity index is 1.73. The van der Waals surface area contributed by atoms with E-state index in [2.05, 4.69) is 0 Å². The van der Waals surface area contributed by atoms with E-state index in [-0.39, 0.29) is 12.3 Å². The van der Waals surface area contributed by atoms with Crippen molar-refractivity contribution in [3.63, 3.8) is 0 Å². The largest absolute Gasteiger partial charge is 0.481 e. The fourth-order valence-electron chi connectivity index (χ4n) is 3.30. The van der Waals surface area contributed by atoms with E-state index in [1.54, 1.807) is 0 Å². The fraction of sp³-hybridized carbons (Fsp3) is 0.417. The molecule has 4 heteroatoms. The summed E-state index contributed by atoms with van der Waals surface area (Å²) in [6, 6.07) is 19.3. The molecule has 1 amide bonds. The van der Waals surface area contributed by atoms with Gasteiger partial charge < -0.3 is 10.0 Å². The maximum Gasteiger partial charge on any atom is 0.303 e. The van der Waals surface area contributed by atoms with Crippen LogP contribution in [-0.4, -0.2) is 23.5 Å². The minimum atomic E-state index is -0.701. The molecule has 2 aromatic carbocycles. The summed E-state index contributed by atoms with van der Waals surface area (Å²) in [6.45, 7) is 0.719. The lowest BCUT2D eigenvalue weighted by molar-refractivity contribution is -0.137. The van der Waals surface area contributed by atoms with Gasteiger partial charge in [0.25, 0.3) is 5.91 Å². The second-order valence-electron chi connectivity index (χ2n) is 7.13. The van der Waals surface area contributed by atoms with Crippen LogP contribution in [0.3, 0.4) is 0 Å². The number of nitrogens with zero attached hydrogens (tertiary/aromatic N) is 1. The molecule has 4 nitrogen and oxygen atoms in total. The molecule has 0 fully saturated rings. The molecule has 0 aliphatic rings. The molecule has 28 heavy (non-hydrogen) atoms. The number of hydrogen-bond donors (Lipinski definition) is 1. The number of para-hydroxylation sites is 1. The lowest BCUT2D eigenvalue weighted by atomic mass is 10.1. The lowest BCUT2D eigenvalue weighted by Crippen LogP contribution is -2.31. The molecule has 0 aromatic heterocycles. The number of benzene rings is 2. The third-order valence-electron chi connectivity index (χ3n) is 4.86. The van der Waals surface area contributed by atoms with Crippen molar-refractivity contribution in [2.75, 3.05) is 11.4 Å². The van der Waals surface area contributed by atoms with E-state index in [4.69, 9.17) is 5.11 Å². The minimum absolute atomic E-state index is 0.0465. The molecule has 0 atom stereocenters. The molecule has 0 aliphatic carbocycles. The summed E-state index contributed by atoms with van der Waals surface area (Å²) >= 11 is 0. The molecule has 2 aromatic rings. The Morgan fingerprint density at radius 2 is 1.18 bits per heavy atom. The summed E-state index contributed by atoms with van der Waals surface area (Å²) in [5, 5.41) is 8.62. The SMILES string of the molecule is O=C(O)CCCCCCCCCCN(C(=O)c1ccccc1)c1ccccc1. The van der Waals surface area contributed by atoms with Gasteiger partial charge in [-0.3, -0.25) is 9.59 Å². The summed E-state index contributed by atoms with van der Waals surface area (Å²) in [7, 11) is 0. The number of unbranched alkanes of at least 4 members (excludes halogenated alkanes) is 7. The lowest BCUT2D eigenvalue weighted by Gasteiger charge is -2.23. The van der Waals surface area contributed by atoms with Crippen LogP contribution in [0.5, 0.6) is 0 Å². The molecule has 0 spiro atoms. The van der Waals surface area contributed by atoms with E-state index < -0.39 is 5.97 Å². The van der Waals surface area contributed by atoms with Crippen LogP contribution in [0.15, 0.2) is 60.7 Å². The number of anilines is 1. The molecule has 0 saturated heterocycles. The molecular formula is C24H31NO3. The van der Waals surface area contributed by atoms with Crippen LogP contribution in [0.25, 0.3) is 0 Å². The summed E-state index contributed by atoms with van der Waals surface area (Å²) < 4.78 is 0. The van der Waals surface area contributed by atoms with Gasteiger partial charge in [0.2, 0.25) is 0 Å². The maximum atomic E-state index is 12.9. The zero-order chi connectivity index (χ0) is 20.0. The van der Waals surface area contributed by atoms with Crippen LogP contribution >= 0.6 is 0 Å². The van der Waals surface area contributed by atoms with Gasteiger partial charge >= 0.3 is 5.97 Å². The number of amides is 1. The predicted octanol–water partition coefficient (Wildman–Crippen LogP) is 5.93. The molecule has 0 heterocycles. The van der Waals surface area contributed by atoms with Gasteiger partial charge in [-0.25, -0.2) is 0 Å². The molecule has 1 N–H and O–H groups in total. The minimum Gasteiger partial charge on any atom is -0.481 e. The molecule has 2 rings (SSSR count). The number of aliphatic carboxylic acids is 1. The first-order chi connectivity index (χ1) is 13.7. The molecule has 0 radical (unpaired) electrons. The highest BCUT2D eigenvalue weighted by Gasteiger charge is 2.16. The monoisotopic (exact) mass is 381 g/mol. The van der Waals surface area contributed by atoms with Crippen molar-refractivity contribution >= 4 is 17.6 Å². The Bertz CT molecular complexity index is 700. The number of carbonyl (C=O) groups is 2. The molecule has 0 bridgehead atoms. The van der Waals surface area contributed by atoms with E-state index in [9.17, 15) is 9.59 Å². The summed E-state index contributed by atoms with van der Waals surface area (Å²) in [4.78, 5) is 25.3. The Morgan fingerprint density at radius 1 is 0.679 bits per heavy atom. The topological polar surface area (TPSA) is 57.6 Å². The second kappa shape index (κ2) is 12.7. The Labute approximate surface area is 168 Å². The van der Waals surface area contributed by atoms with Crippen LogP contribution in [0.4, 0.5) is 5.69 Å². The number of carbonyl (C=O) groups excluding carboxylic acids is 1. The van der Waals surface area contributed by atoms with Gasteiger partial charge in [-0.2, -0.15) is 0 Å². The van der Waals surface area contributed by atoms with Gasteiger partial charge in [0.05, 0.1) is 0 Å². The van der Waals surface area contributed by atoms with Gasteiger partial charge in [0.15, 0.2) is 0 Å².